The third kappa shape index (κ3) is 2.26. The minimum absolute atomic E-state index is 0.162. The first-order valence-corrected chi connectivity index (χ1v) is 8.22. The van der Waals surface area contributed by atoms with Gasteiger partial charge in [0.2, 0.25) is 0 Å². The number of fused-ring (bicyclic) bond motifs is 1. The van der Waals surface area contributed by atoms with Gasteiger partial charge in [-0.25, -0.2) is 0 Å². The van der Waals surface area contributed by atoms with Crippen LogP contribution in [0.5, 0.6) is 0 Å². The van der Waals surface area contributed by atoms with Gasteiger partial charge in [-0.1, -0.05) is 30.7 Å². The SMILES string of the molecule is Cc1nn(C)c(Cl)c1C(=O)Nc1cccc2c1C(C)C(=O)C2(C)C. The van der Waals surface area contributed by atoms with Crippen molar-refractivity contribution in [2.45, 2.75) is 39.0 Å². The molecule has 0 fully saturated rings. The number of aryl methyl sites for hydroxylation is 2. The number of anilines is 1. The number of nitrogens with zero attached hydrogens (tertiary/aromatic N) is 2. The van der Waals surface area contributed by atoms with Gasteiger partial charge in [-0.2, -0.15) is 5.10 Å². The molecule has 6 heteroatoms. The molecule has 24 heavy (non-hydrogen) atoms. The monoisotopic (exact) mass is 345 g/mol. The molecule has 1 unspecified atom stereocenters. The molecule has 0 saturated carbocycles. The van der Waals surface area contributed by atoms with Crippen LogP contribution >= 0.6 is 11.6 Å². The van der Waals surface area contributed by atoms with E-state index >= 15 is 0 Å². The summed E-state index contributed by atoms with van der Waals surface area (Å²) in [6, 6.07) is 5.63. The van der Waals surface area contributed by atoms with Crippen molar-refractivity contribution in [1.29, 1.82) is 0 Å². The van der Waals surface area contributed by atoms with Crippen molar-refractivity contribution < 1.29 is 9.59 Å². The quantitative estimate of drug-likeness (QED) is 0.904. The Kier molecular flexibility index (Phi) is 3.79. The molecule has 1 heterocycles. The Balaban J connectivity index is 2.03. The summed E-state index contributed by atoms with van der Waals surface area (Å²) in [5.74, 6) is -0.407. The van der Waals surface area contributed by atoms with Crippen molar-refractivity contribution in [3.63, 3.8) is 0 Å². The number of hydrogen-bond acceptors (Lipinski definition) is 3. The highest BCUT2D eigenvalue weighted by Gasteiger charge is 2.44. The van der Waals surface area contributed by atoms with Crippen LogP contribution in [0.2, 0.25) is 5.15 Å². The average molecular weight is 346 g/mol. The fourth-order valence-corrected chi connectivity index (χ4v) is 3.82. The first-order valence-electron chi connectivity index (χ1n) is 7.84. The van der Waals surface area contributed by atoms with E-state index in [1.54, 1.807) is 14.0 Å². The molecule has 2 aromatic rings. The molecule has 1 aromatic heterocycles. The van der Waals surface area contributed by atoms with E-state index < -0.39 is 5.41 Å². The van der Waals surface area contributed by atoms with E-state index in [-0.39, 0.29) is 17.6 Å². The maximum Gasteiger partial charge on any atom is 0.260 e. The van der Waals surface area contributed by atoms with Gasteiger partial charge < -0.3 is 5.32 Å². The number of benzene rings is 1. The lowest BCUT2D eigenvalue weighted by Gasteiger charge is -2.17. The summed E-state index contributed by atoms with van der Waals surface area (Å²) < 4.78 is 1.47. The Morgan fingerprint density at radius 1 is 1.38 bits per heavy atom. The summed E-state index contributed by atoms with van der Waals surface area (Å²) >= 11 is 6.18. The second-order valence-electron chi connectivity index (χ2n) is 6.81. The van der Waals surface area contributed by atoms with E-state index in [0.29, 0.717) is 22.1 Å². The van der Waals surface area contributed by atoms with Gasteiger partial charge in [0.1, 0.15) is 10.9 Å². The zero-order chi connectivity index (χ0) is 17.8. The molecule has 0 saturated heterocycles. The summed E-state index contributed by atoms with van der Waals surface area (Å²) in [5.41, 5.74) is 2.88. The Bertz CT molecular complexity index is 867. The normalized spacial score (nSPS) is 18.6. The molecule has 5 nitrogen and oxygen atoms in total. The third-order valence-electron chi connectivity index (χ3n) is 4.85. The van der Waals surface area contributed by atoms with E-state index in [0.717, 1.165) is 11.1 Å². The van der Waals surface area contributed by atoms with Crippen LogP contribution in [0, 0.1) is 6.92 Å². The highest BCUT2D eigenvalue weighted by Crippen LogP contribution is 2.46. The molecule has 0 spiro atoms. The number of ketones is 1. The highest BCUT2D eigenvalue weighted by molar-refractivity contribution is 6.33. The Morgan fingerprint density at radius 3 is 2.62 bits per heavy atom. The molecule has 0 radical (unpaired) electrons. The van der Waals surface area contributed by atoms with Crippen molar-refractivity contribution in [3.05, 3.63) is 45.7 Å². The summed E-state index contributed by atoms with van der Waals surface area (Å²) in [4.78, 5) is 25.2. The van der Waals surface area contributed by atoms with Gasteiger partial charge in [0.15, 0.2) is 0 Å². The lowest BCUT2D eigenvalue weighted by Crippen LogP contribution is -2.24. The zero-order valence-electron chi connectivity index (χ0n) is 14.4. The number of hydrogen-bond donors (Lipinski definition) is 1. The maximum absolute atomic E-state index is 12.7. The maximum atomic E-state index is 12.7. The fourth-order valence-electron chi connectivity index (χ4n) is 3.56. The summed E-state index contributed by atoms with van der Waals surface area (Å²) in [6.07, 6.45) is 0. The van der Waals surface area contributed by atoms with E-state index in [4.69, 9.17) is 11.6 Å². The first-order chi connectivity index (χ1) is 11.2. The average Bonchev–Trinajstić information content (AvgIpc) is 2.86. The molecule has 126 valence electrons. The number of rotatable bonds is 2. The van der Waals surface area contributed by atoms with Crippen molar-refractivity contribution in [3.8, 4) is 0 Å². The van der Waals surface area contributed by atoms with Crippen molar-refractivity contribution >= 4 is 29.0 Å². The summed E-state index contributed by atoms with van der Waals surface area (Å²) in [6.45, 7) is 7.47. The lowest BCUT2D eigenvalue weighted by atomic mass is 9.85. The molecule has 1 aliphatic carbocycles. The Labute approximate surface area is 146 Å². The highest BCUT2D eigenvalue weighted by atomic mass is 35.5. The molecule has 1 aliphatic rings. The molecule has 0 aliphatic heterocycles. The van der Waals surface area contributed by atoms with Crippen LogP contribution in [0.1, 0.15) is 53.9 Å². The molecular weight excluding hydrogens is 326 g/mol. The van der Waals surface area contributed by atoms with Gasteiger partial charge in [-0.05, 0) is 38.0 Å². The van der Waals surface area contributed by atoms with Gasteiger partial charge in [0.25, 0.3) is 5.91 Å². The lowest BCUT2D eigenvalue weighted by molar-refractivity contribution is -0.123. The standard InChI is InChI=1S/C18H20ClN3O2/c1-9-13-11(18(3,4)15(9)23)7-6-8-12(13)20-17(24)14-10(2)21-22(5)16(14)19/h6-9H,1-5H3,(H,20,24). The number of Topliss-reactive ketones (excluding diaryl/α,β-unsaturated/α-hetero) is 1. The van der Waals surface area contributed by atoms with Crippen molar-refractivity contribution in [2.75, 3.05) is 5.32 Å². The van der Waals surface area contributed by atoms with Crippen LogP contribution in [0.15, 0.2) is 18.2 Å². The van der Waals surface area contributed by atoms with Gasteiger partial charge in [-0.15, -0.1) is 0 Å². The van der Waals surface area contributed by atoms with E-state index in [9.17, 15) is 9.59 Å². The summed E-state index contributed by atoms with van der Waals surface area (Å²) in [5, 5.41) is 7.37. The number of halogens is 1. The number of aromatic nitrogens is 2. The van der Waals surface area contributed by atoms with Gasteiger partial charge in [-0.3, -0.25) is 14.3 Å². The predicted octanol–water partition coefficient (Wildman–Crippen LogP) is 3.60. The minimum Gasteiger partial charge on any atom is -0.322 e. The number of amides is 1. The minimum atomic E-state index is -0.544. The molecular formula is C18H20ClN3O2. The molecule has 1 N–H and O–H groups in total. The molecule has 1 amide bonds. The zero-order valence-corrected chi connectivity index (χ0v) is 15.2. The molecule has 3 rings (SSSR count). The van der Waals surface area contributed by atoms with E-state index in [2.05, 4.69) is 10.4 Å². The van der Waals surface area contributed by atoms with E-state index in [1.807, 2.05) is 39.0 Å². The molecule has 1 atom stereocenters. The van der Waals surface area contributed by atoms with Crippen LogP contribution in [-0.4, -0.2) is 21.5 Å². The van der Waals surface area contributed by atoms with E-state index in [1.165, 1.54) is 4.68 Å². The van der Waals surface area contributed by atoms with Gasteiger partial charge >= 0.3 is 0 Å². The number of carbonyl (C=O) groups excluding carboxylic acids is 2. The van der Waals surface area contributed by atoms with Crippen LogP contribution in [0.3, 0.4) is 0 Å². The predicted molar refractivity (Wildman–Crippen MR) is 93.8 cm³/mol. The number of carbonyl (C=O) groups is 2. The third-order valence-corrected chi connectivity index (χ3v) is 5.28. The van der Waals surface area contributed by atoms with Crippen LogP contribution in [0.4, 0.5) is 5.69 Å². The fraction of sp³-hybridized carbons (Fsp3) is 0.389. The summed E-state index contributed by atoms with van der Waals surface area (Å²) in [7, 11) is 1.69. The second-order valence-corrected chi connectivity index (χ2v) is 7.16. The first kappa shape index (κ1) is 16.7. The molecule has 0 bridgehead atoms. The van der Waals surface area contributed by atoms with Crippen LogP contribution in [-0.2, 0) is 17.3 Å². The largest absolute Gasteiger partial charge is 0.322 e. The molecule has 1 aromatic carbocycles. The second kappa shape index (κ2) is 5.45. The Morgan fingerprint density at radius 2 is 2.04 bits per heavy atom. The smallest absolute Gasteiger partial charge is 0.260 e. The van der Waals surface area contributed by atoms with Crippen LogP contribution < -0.4 is 5.32 Å². The number of nitrogens with one attached hydrogen (secondary N) is 1. The van der Waals surface area contributed by atoms with Crippen LogP contribution in [0.25, 0.3) is 0 Å². The van der Waals surface area contributed by atoms with Crippen molar-refractivity contribution in [2.24, 2.45) is 7.05 Å². The van der Waals surface area contributed by atoms with Crippen molar-refractivity contribution in [1.82, 2.24) is 9.78 Å². The topological polar surface area (TPSA) is 64.0 Å². The van der Waals surface area contributed by atoms with Gasteiger partial charge in [0.05, 0.1) is 11.3 Å². The Hall–Kier alpha value is -2.14. The van der Waals surface area contributed by atoms with Gasteiger partial charge in [0, 0.05) is 24.1 Å².